The van der Waals surface area contributed by atoms with Crippen LogP contribution in [0, 0.1) is 0 Å². The van der Waals surface area contributed by atoms with E-state index in [-0.39, 0.29) is 12.4 Å². The molecule has 0 unspecified atom stereocenters. The molecule has 1 aromatic heterocycles. The standard InChI is InChI=1S/C18H24N6O2/c1-13(26)14-2-4-15(5-3-14)22-17-16(19)18(21-12-20-17)24-8-6-23(7-9-24)10-11-25/h2-5,12,25H,6-11,19H2,1H3,(H,20,21,22). The summed E-state index contributed by atoms with van der Waals surface area (Å²) in [5.74, 6) is 1.29. The molecular formula is C18H24N6O2. The molecule has 8 heteroatoms. The van der Waals surface area contributed by atoms with Gasteiger partial charge in [-0.15, -0.1) is 0 Å². The third-order valence-corrected chi connectivity index (χ3v) is 4.51. The molecule has 1 aliphatic rings. The number of carbonyl (C=O) groups excluding carboxylic acids is 1. The van der Waals surface area contributed by atoms with Crippen LogP contribution in [-0.4, -0.2) is 65.1 Å². The minimum atomic E-state index is 0.0285. The number of aliphatic hydroxyl groups excluding tert-OH is 1. The molecule has 0 amide bonds. The van der Waals surface area contributed by atoms with Crippen LogP contribution in [0.15, 0.2) is 30.6 Å². The average molecular weight is 356 g/mol. The Morgan fingerprint density at radius 1 is 1.19 bits per heavy atom. The van der Waals surface area contributed by atoms with Gasteiger partial charge in [0.1, 0.15) is 12.0 Å². The number of Topliss-reactive ketones (excluding diaryl/α,β-unsaturated/α-hetero) is 1. The molecule has 0 saturated carbocycles. The van der Waals surface area contributed by atoms with Crippen molar-refractivity contribution in [3.05, 3.63) is 36.2 Å². The Hall–Kier alpha value is -2.71. The predicted molar refractivity (Wildman–Crippen MR) is 102 cm³/mol. The summed E-state index contributed by atoms with van der Waals surface area (Å²) in [6, 6.07) is 7.18. The lowest BCUT2D eigenvalue weighted by Gasteiger charge is -2.35. The Morgan fingerprint density at radius 3 is 2.50 bits per heavy atom. The highest BCUT2D eigenvalue weighted by molar-refractivity contribution is 5.94. The summed E-state index contributed by atoms with van der Waals surface area (Å²) in [6.07, 6.45) is 1.50. The van der Waals surface area contributed by atoms with E-state index in [2.05, 4.69) is 25.1 Å². The summed E-state index contributed by atoms with van der Waals surface area (Å²) >= 11 is 0. The molecule has 8 nitrogen and oxygen atoms in total. The second-order valence-corrected chi connectivity index (χ2v) is 6.27. The van der Waals surface area contributed by atoms with Crippen molar-refractivity contribution in [2.75, 3.05) is 55.3 Å². The van der Waals surface area contributed by atoms with Crippen molar-refractivity contribution in [3.8, 4) is 0 Å². The zero-order valence-electron chi connectivity index (χ0n) is 14.9. The smallest absolute Gasteiger partial charge is 0.159 e. The fourth-order valence-electron chi connectivity index (χ4n) is 2.99. The molecule has 2 aromatic rings. The highest BCUT2D eigenvalue weighted by atomic mass is 16.3. The van der Waals surface area contributed by atoms with E-state index < -0.39 is 0 Å². The van der Waals surface area contributed by atoms with Crippen LogP contribution < -0.4 is 16.0 Å². The maximum absolute atomic E-state index is 11.4. The minimum Gasteiger partial charge on any atom is -0.395 e. The zero-order valence-corrected chi connectivity index (χ0v) is 14.9. The van der Waals surface area contributed by atoms with E-state index in [9.17, 15) is 4.79 Å². The second kappa shape index (κ2) is 8.11. The van der Waals surface area contributed by atoms with Gasteiger partial charge in [0.25, 0.3) is 0 Å². The van der Waals surface area contributed by atoms with Crippen molar-refractivity contribution < 1.29 is 9.90 Å². The van der Waals surface area contributed by atoms with Gasteiger partial charge in [0.15, 0.2) is 17.4 Å². The number of anilines is 4. The fraction of sp³-hybridized carbons (Fsp3) is 0.389. The van der Waals surface area contributed by atoms with Crippen molar-refractivity contribution in [2.45, 2.75) is 6.92 Å². The summed E-state index contributed by atoms with van der Waals surface area (Å²) in [5, 5.41) is 12.2. The number of β-amino-alcohol motifs (C(OH)–C–C–N with tert-alkyl or cyclic N) is 1. The highest BCUT2D eigenvalue weighted by Crippen LogP contribution is 2.29. The number of nitrogens with two attached hydrogens (primary N) is 1. The number of ketones is 1. The molecule has 26 heavy (non-hydrogen) atoms. The van der Waals surface area contributed by atoms with Gasteiger partial charge >= 0.3 is 0 Å². The third-order valence-electron chi connectivity index (χ3n) is 4.51. The number of hydrogen-bond acceptors (Lipinski definition) is 8. The molecule has 1 fully saturated rings. The molecule has 0 bridgehead atoms. The number of nitrogen functional groups attached to an aromatic ring is 1. The lowest BCUT2D eigenvalue weighted by atomic mass is 10.1. The molecule has 1 aromatic carbocycles. The molecule has 0 aliphatic carbocycles. The van der Waals surface area contributed by atoms with E-state index in [4.69, 9.17) is 10.8 Å². The number of nitrogens with one attached hydrogen (secondary N) is 1. The van der Waals surface area contributed by atoms with Gasteiger partial charge in [0.2, 0.25) is 0 Å². The maximum Gasteiger partial charge on any atom is 0.159 e. The van der Waals surface area contributed by atoms with Crippen molar-refractivity contribution in [3.63, 3.8) is 0 Å². The molecule has 0 radical (unpaired) electrons. The van der Waals surface area contributed by atoms with E-state index in [1.54, 1.807) is 12.1 Å². The number of nitrogens with zero attached hydrogens (tertiary/aromatic N) is 4. The second-order valence-electron chi connectivity index (χ2n) is 6.27. The molecule has 138 valence electrons. The first-order chi connectivity index (χ1) is 12.6. The van der Waals surface area contributed by atoms with Gasteiger partial charge < -0.3 is 21.1 Å². The van der Waals surface area contributed by atoms with Gasteiger partial charge in [-0.3, -0.25) is 9.69 Å². The van der Waals surface area contributed by atoms with Gasteiger partial charge in [-0.1, -0.05) is 0 Å². The Morgan fingerprint density at radius 2 is 1.88 bits per heavy atom. The third kappa shape index (κ3) is 4.09. The number of aromatic nitrogens is 2. The van der Waals surface area contributed by atoms with Crippen molar-refractivity contribution >= 4 is 28.8 Å². The highest BCUT2D eigenvalue weighted by Gasteiger charge is 2.21. The van der Waals surface area contributed by atoms with Crippen LogP contribution in [0.5, 0.6) is 0 Å². The quantitative estimate of drug-likeness (QED) is 0.661. The summed E-state index contributed by atoms with van der Waals surface area (Å²) in [5.41, 5.74) is 8.26. The van der Waals surface area contributed by atoms with Crippen LogP contribution in [-0.2, 0) is 0 Å². The van der Waals surface area contributed by atoms with E-state index in [1.165, 1.54) is 13.3 Å². The van der Waals surface area contributed by atoms with Crippen LogP contribution in [0.2, 0.25) is 0 Å². The summed E-state index contributed by atoms with van der Waals surface area (Å²) in [4.78, 5) is 24.3. The molecular weight excluding hydrogens is 332 g/mol. The minimum absolute atomic E-state index is 0.0285. The SMILES string of the molecule is CC(=O)c1ccc(Nc2ncnc(N3CCN(CCO)CC3)c2N)cc1. The first kappa shape index (κ1) is 18.1. The van der Waals surface area contributed by atoms with Crippen LogP contribution in [0.25, 0.3) is 0 Å². The molecule has 3 rings (SSSR count). The first-order valence-electron chi connectivity index (χ1n) is 8.65. The van der Waals surface area contributed by atoms with Crippen LogP contribution in [0.1, 0.15) is 17.3 Å². The number of hydrogen-bond donors (Lipinski definition) is 3. The van der Waals surface area contributed by atoms with Gasteiger partial charge in [-0.05, 0) is 31.2 Å². The molecule has 1 saturated heterocycles. The van der Waals surface area contributed by atoms with Gasteiger partial charge in [0, 0.05) is 44.0 Å². The van der Waals surface area contributed by atoms with Crippen molar-refractivity contribution in [2.24, 2.45) is 0 Å². The van der Waals surface area contributed by atoms with E-state index in [0.717, 1.165) is 31.9 Å². The van der Waals surface area contributed by atoms with Gasteiger partial charge in [0.05, 0.1) is 6.61 Å². The molecule has 0 spiro atoms. The predicted octanol–water partition coefficient (Wildman–Crippen LogP) is 1.12. The average Bonchev–Trinajstić information content (AvgIpc) is 2.65. The van der Waals surface area contributed by atoms with Crippen molar-refractivity contribution in [1.82, 2.24) is 14.9 Å². The Kier molecular flexibility index (Phi) is 5.65. The Labute approximate surface area is 152 Å². The van der Waals surface area contributed by atoms with Crippen LogP contribution >= 0.6 is 0 Å². The number of rotatable bonds is 6. The van der Waals surface area contributed by atoms with E-state index >= 15 is 0 Å². The van der Waals surface area contributed by atoms with Gasteiger partial charge in [-0.2, -0.15) is 0 Å². The lowest BCUT2D eigenvalue weighted by Crippen LogP contribution is -2.47. The van der Waals surface area contributed by atoms with E-state index in [1.807, 2.05) is 12.1 Å². The summed E-state index contributed by atoms with van der Waals surface area (Å²) in [7, 11) is 0. The number of carbonyl (C=O) groups is 1. The molecule has 4 N–H and O–H groups in total. The van der Waals surface area contributed by atoms with Crippen LogP contribution in [0.4, 0.5) is 23.0 Å². The largest absolute Gasteiger partial charge is 0.395 e. The summed E-state index contributed by atoms with van der Waals surface area (Å²) < 4.78 is 0. The number of benzene rings is 1. The normalized spacial score (nSPS) is 15.1. The molecule has 0 atom stereocenters. The van der Waals surface area contributed by atoms with E-state index in [0.29, 0.717) is 29.4 Å². The maximum atomic E-state index is 11.4. The topological polar surface area (TPSA) is 108 Å². The number of aliphatic hydroxyl groups is 1. The molecule has 2 heterocycles. The first-order valence-corrected chi connectivity index (χ1v) is 8.65. The molecule has 1 aliphatic heterocycles. The van der Waals surface area contributed by atoms with Crippen molar-refractivity contribution in [1.29, 1.82) is 0 Å². The Balaban J connectivity index is 1.72. The zero-order chi connectivity index (χ0) is 18.5. The monoisotopic (exact) mass is 356 g/mol. The fourth-order valence-corrected chi connectivity index (χ4v) is 2.99. The summed E-state index contributed by atoms with van der Waals surface area (Å²) in [6.45, 7) is 5.72. The Bertz CT molecular complexity index is 757. The lowest BCUT2D eigenvalue weighted by molar-refractivity contribution is 0.101. The van der Waals surface area contributed by atoms with Gasteiger partial charge in [-0.25, -0.2) is 9.97 Å². The number of piperazine rings is 1. The van der Waals surface area contributed by atoms with Crippen LogP contribution in [0.3, 0.4) is 0 Å².